The number of imidazole rings is 1. The summed E-state index contributed by atoms with van der Waals surface area (Å²) in [7, 11) is -3.82. The molecule has 0 bridgehead atoms. The second-order valence-corrected chi connectivity index (χ2v) is 10.3. The molecule has 1 aliphatic heterocycles. The van der Waals surface area contributed by atoms with Gasteiger partial charge in [-0.1, -0.05) is 11.8 Å². The standard InChI is InChI=1S/C20H28N4O5S2/c1-4-24-17-7-6-15(31(21,27)28)12-16(17)22-20(24)30-13(3)18(25)23-10-8-14(9-11-23)19(26)29-5-2/h6-7,12-14H,4-5,8-11H2,1-3H3,(H2,21,27,28)/t13-/m0/s1. The Labute approximate surface area is 186 Å². The number of rotatable bonds is 7. The minimum Gasteiger partial charge on any atom is -0.466 e. The van der Waals surface area contributed by atoms with Crippen molar-refractivity contribution in [1.29, 1.82) is 0 Å². The number of amides is 1. The number of sulfonamides is 1. The summed E-state index contributed by atoms with van der Waals surface area (Å²) >= 11 is 1.34. The number of aryl methyl sites for hydroxylation is 1. The van der Waals surface area contributed by atoms with E-state index in [-0.39, 0.29) is 27.9 Å². The normalized spacial score (nSPS) is 16.5. The van der Waals surface area contributed by atoms with E-state index in [0.717, 1.165) is 5.52 Å². The van der Waals surface area contributed by atoms with Crippen LogP contribution in [0.2, 0.25) is 0 Å². The second kappa shape index (κ2) is 9.58. The highest BCUT2D eigenvalue weighted by Crippen LogP contribution is 2.30. The molecule has 2 heterocycles. The Hall–Kier alpha value is -2.11. The largest absolute Gasteiger partial charge is 0.466 e. The highest BCUT2D eigenvalue weighted by molar-refractivity contribution is 8.00. The lowest BCUT2D eigenvalue weighted by molar-refractivity contribution is -0.151. The van der Waals surface area contributed by atoms with E-state index in [2.05, 4.69) is 4.98 Å². The summed E-state index contributed by atoms with van der Waals surface area (Å²) in [5.74, 6) is -0.343. The minimum absolute atomic E-state index is 0.00546. The molecule has 1 saturated heterocycles. The molecule has 9 nitrogen and oxygen atoms in total. The fourth-order valence-corrected chi connectivity index (χ4v) is 5.33. The Morgan fingerprint density at radius 3 is 2.55 bits per heavy atom. The number of ether oxygens (including phenoxy) is 1. The Kier molecular flexibility index (Phi) is 7.28. The van der Waals surface area contributed by atoms with Gasteiger partial charge in [0.2, 0.25) is 15.9 Å². The summed E-state index contributed by atoms with van der Waals surface area (Å²) in [4.78, 5) is 31.2. The van der Waals surface area contributed by atoms with E-state index in [9.17, 15) is 18.0 Å². The van der Waals surface area contributed by atoms with Crippen LogP contribution in [0.4, 0.5) is 0 Å². The monoisotopic (exact) mass is 468 g/mol. The number of nitrogens with zero attached hydrogens (tertiary/aromatic N) is 3. The number of hydrogen-bond acceptors (Lipinski definition) is 7. The predicted octanol–water partition coefficient (Wildman–Crippen LogP) is 1.99. The molecule has 1 amide bonds. The van der Waals surface area contributed by atoms with Crippen molar-refractivity contribution >= 4 is 44.7 Å². The van der Waals surface area contributed by atoms with Crippen LogP contribution in [0.25, 0.3) is 11.0 Å². The first-order valence-electron chi connectivity index (χ1n) is 10.3. The lowest BCUT2D eigenvalue weighted by Gasteiger charge is -2.32. The van der Waals surface area contributed by atoms with Crippen molar-refractivity contribution in [2.45, 2.75) is 55.5 Å². The van der Waals surface area contributed by atoms with Crippen LogP contribution < -0.4 is 5.14 Å². The topological polar surface area (TPSA) is 125 Å². The molecule has 0 aliphatic carbocycles. The zero-order chi connectivity index (χ0) is 22.8. The quantitative estimate of drug-likeness (QED) is 0.487. The first-order chi connectivity index (χ1) is 14.7. The molecule has 31 heavy (non-hydrogen) atoms. The van der Waals surface area contributed by atoms with Gasteiger partial charge in [0.25, 0.3) is 0 Å². The van der Waals surface area contributed by atoms with Gasteiger partial charge in [-0.05, 0) is 51.8 Å². The number of nitrogens with two attached hydrogens (primary N) is 1. The number of aromatic nitrogens is 2. The summed E-state index contributed by atoms with van der Waals surface area (Å²) in [6, 6.07) is 4.60. The third-order valence-corrected chi connectivity index (χ3v) is 7.37. The SMILES string of the molecule is CCOC(=O)C1CCN(C(=O)[C@H](C)Sc2nc3cc(S(N)(=O)=O)ccc3n2CC)CC1. The molecule has 1 aromatic heterocycles. The lowest BCUT2D eigenvalue weighted by atomic mass is 9.97. The minimum atomic E-state index is -3.82. The molecule has 0 radical (unpaired) electrons. The maximum absolute atomic E-state index is 13.0. The number of primary sulfonamides is 1. The molecule has 1 fully saturated rings. The predicted molar refractivity (Wildman–Crippen MR) is 118 cm³/mol. The summed E-state index contributed by atoms with van der Waals surface area (Å²) in [5, 5.41) is 5.50. The number of hydrogen-bond donors (Lipinski definition) is 1. The summed E-state index contributed by atoms with van der Waals surface area (Å²) in [6.07, 6.45) is 1.21. The van der Waals surface area contributed by atoms with Gasteiger partial charge in [0.1, 0.15) is 0 Å². The molecular weight excluding hydrogens is 440 g/mol. The molecule has 11 heteroatoms. The van der Waals surface area contributed by atoms with Crippen molar-refractivity contribution in [1.82, 2.24) is 14.5 Å². The van der Waals surface area contributed by atoms with E-state index in [0.29, 0.717) is 49.8 Å². The molecule has 0 saturated carbocycles. The molecule has 1 aliphatic rings. The van der Waals surface area contributed by atoms with Crippen LogP contribution in [0, 0.1) is 5.92 Å². The van der Waals surface area contributed by atoms with Gasteiger partial charge >= 0.3 is 5.97 Å². The third kappa shape index (κ3) is 5.21. The smallest absolute Gasteiger partial charge is 0.309 e. The Balaban J connectivity index is 1.72. The van der Waals surface area contributed by atoms with Crippen LogP contribution in [-0.4, -0.2) is 59.7 Å². The van der Waals surface area contributed by atoms with Gasteiger partial charge < -0.3 is 14.2 Å². The molecule has 2 aromatic rings. The summed E-state index contributed by atoms with van der Waals surface area (Å²) in [5.41, 5.74) is 1.30. The molecule has 1 atom stereocenters. The maximum atomic E-state index is 13.0. The fraction of sp³-hybridized carbons (Fsp3) is 0.550. The van der Waals surface area contributed by atoms with Crippen LogP contribution in [0.5, 0.6) is 0 Å². The number of thioether (sulfide) groups is 1. The van der Waals surface area contributed by atoms with Gasteiger partial charge in [0.15, 0.2) is 5.16 Å². The van der Waals surface area contributed by atoms with E-state index < -0.39 is 10.0 Å². The molecule has 2 N–H and O–H groups in total. The van der Waals surface area contributed by atoms with E-state index in [1.54, 1.807) is 17.9 Å². The average molecular weight is 469 g/mol. The second-order valence-electron chi connectivity index (χ2n) is 7.45. The molecule has 0 unspecified atom stereocenters. The van der Waals surface area contributed by atoms with Crippen LogP contribution in [0.3, 0.4) is 0 Å². The Morgan fingerprint density at radius 1 is 1.29 bits per heavy atom. The molecular formula is C20H28N4O5S2. The number of fused-ring (bicyclic) bond motifs is 1. The Bertz CT molecular complexity index is 1070. The van der Waals surface area contributed by atoms with Gasteiger partial charge in [-0.2, -0.15) is 0 Å². The zero-order valence-electron chi connectivity index (χ0n) is 17.9. The number of likely N-dealkylation sites (tertiary alicyclic amines) is 1. The highest BCUT2D eigenvalue weighted by Gasteiger charge is 2.31. The van der Waals surface area contributed by atoms with Gasteiger partial charge in [-0.25, -0.2) is 18.5 Å². The summed E-state index contributed by atoms with van der Waals surface area (Å²) in [6.45, 7) is 7.62. The first-order valence-corrected chi connectivity index (χ1v) is 12.7. The third-order valence-electron chi connectivity index (χ3n) is 5.39. The number of carbonyl (C=O) groups is 2. The van der Waals surface area contributed by atoms with Crippen molar-refractivity contribution in [2.24, 2.45) is 11.1 Å². The number of piperidine rings is 1. The van der Waals surface area contributed by atoms with Crippen molar-refractivity contribution < 1.29 is 22.7 Å². The average Bonchev–Trinajstić information content (AvgIpc) is 3.08. The van der Waals surface area contributed by atoms with E-state index in [4.69, 9.17) is 9.88 Å². The number of esters is 1. The first kappa shape index (κ1) is 23.6. The van der Waals surface area contributed by atoms with Gasteiger partial charge in [0, 0.05) is 19.6 Å². The van der Waals surface area contributed by atoms with E-state index in [1.807, 2.05) is 18.4 Å². The number of benzene rings is 1. The van der Waals surface area contributed by atoms with Crippen molar-refractivity contribution in [2.75, 3.05) is 19.7 Å². The van der Waals surface area contributed by atoms with Crippen LogP contribution >= 0.6 is 11.8 Å². The Morgan fingerprint density at radius 2 is 1.97 bits per heavy atom. The summed E-state index contributed by atoms with van der Waals surface area (Å²) < 4.78 is 30.3. The van der Waals surface area contributed by atoms with Crippen LogP contribution in [-0.2, 0) is 30.9 Å². The maximum Gasteiger partial charge on any atom is 0.309 e. The molecule has 0 spiro atoms. The van der Waals surface area contributed by atoms with Gasteiger partial charge in [-0.3, -0.25) is 9.59 Å². The van der Waals surface area contributed by atoms with E-state index in [1.165, 1.54) is 23.9 Å². The lowest BCUT2D eigenvalue weighted by Crippen LogP contribution is -2.43. The van der Waals surface area contributed by atoms with Crippen molar-refractivity contribution in [3.05, 3.63) is 18.2 Å². The molecule has 1 aromatic carbocycles. The van der Waals surface area contributed by atoms with E-state index >= 15 is 0 Å². The fourth-order valence-electron chi connectivity index (χ4n) is 3.72. The molecule has 170 valence electrons. The van der Waals surface area contributed by atoms with Gasteiger partial charge in [0.05, 0.1) is 33.7 Å². The van der Waals surface area contributed by atoms with Gasteiger partial charge in [-0.15, -0.1) is 0 Å². The van der Waals surface area contributed by atoms with Crippen molar-refractivity contribution in [3.8, 4) is 0 Å². The highest BCUT2D eigenvalue weighted by atomic mass is 32.2. The van der Waals surface area contributed by atoms with Crippen LogP contribution in [0.1, 0.15) is 33.6 Å². The molecule has 3 rings (SSSR count). The zero-order valence-corrected chi connectivity index (χ0v) is 19.5. The van der Waals surface area contributed by atoms with Crippen LogP contribution in [0.15, 0.2) is 28.3 Å². The number of carbonyl (C=O) groups excluding carboxylic acids is 2. The van der Waals surface area contributed by atoms with Crippen molar-refractivity contribution in [3.63, 3.8) is 0 Å².